The zero-order valence-electron chi connectivity index (χ0n) is 17.6. The van der Waals surface area contributed by atoms with E-state index in [4.69, 9.17) is 0 Å². The lowest BCUT2D eigenvalue weighted by molar-refractivity contribution is -0.123. The largest absolute Gasteiger partial charge is 0.309 e. The molecule has 160 valence electrons. The van der Waals surface area contributed by atoms with Crippen LogP contribution in [-0.4, -0.2) is 37.8 Å². The molecule has 2 aliphatic heterocycles. The number of piperidine rings is 1. The van der Waals surface area contributed by atoms with Gasteiger partial charge in [0.15, 0.2) is 0 Å². The molecular weight excluding hydrogens is 408 g/mol. The summed E-state index contributed by atoms with van der Waals surface area (Å²) in [5, 5.41) is 1.91. The van der Waals surface area contributed by atoms with Crippen LogP contribution < -0.4 is 4.90 Å². The molecule has 2 atom stereocenters. The molecule has 6 heteroatoms. The summed E-state index contributed by atoms with van der Waals surface area (Å²) in [5.74, 6) is -0.284. The Morgan fingerprint density at radius 3 is 2.55 bits per heavy atom. The standard InChI is InChI=1S/C25H26N2O3S/c1-18-15-21-9-4-5-11-24(21)27(18)25(28)22-10-6-14-26(17-22)31(29,30)23-13-12-19-7-2-3-8-20(19)16-23/h2-5,7-9,11-13,16,18,22H,6,10,14-15,17H2,1H3/t18-,22-/m0/s1. The maximum absolute atomic E-state index is 13.5. The van der Waals surface area contributed by atoms with E-state index in [9.17, 15) is 13.2 Å². The topological polar surface area (TPSA) is 57.7 Å². The summed E-state index contributed by atoms with van der Waals surface area (Å²) < 4.78 is 28.3. The van der Waals surface area contributed by atoms with Gasteiger partial charge >= 0.3 is 0 Å². The van der Waals surface area contributed by atoms with Crippen LogP contribution in [0.3, 0.4) is 0 Å². The monoisotopic (exact) mass is 434 g/mol. The fourth-order valence-electron chi connectivity index (χ4n) is 4.94. The van der Waals surface area contributed by atoms with Crippen LogP contribution in [0.15, 0.2) is 71.6 Å². The van der Waals surface area contributed by atoms with Gasteiger partial charge in [0.1, 0.15) is 0 Å². The number of rotatable bonds is 3. The molecule has 1 saturated heterocycles. The van der Waals surface area contributed by atoms with E-state index >= 15 is 0 Å². The van der Waals surface area contributed by atoms with Crippen LogP contribution >= 0.6 is 0 Å². The maximum Gasteiger partial charge on any atom is 0.243 e. The Bertz CT molecular complexity index is 1250. The molecule has 0 aliphatic carbocycles. The van der Waals surface area contributed by atoms with Gasteiger partial charge < -0.3 is 4.90 Å². The highest BCUT2D eigenvalue weighted by molar-refractivity contribution is 7.89. The quantitative estimate of drug-likeness (QED) is 0.620. The van der Waals surface area contributed by atoms with E-state index in [0.717, 1.165) is 22.9 Å². The minimum absolute atomic E-state index is 0.0378. The molecule has 0 unspecified atom stereocenters. The number of benzene rings is 3. The molecule has 0 spiro atoms. The number of amides is 1. The van der Waals surface area contributed by atoms with E-state index in [1.54, 1.807) is 12.1 Å². The molecule has 0 radical (unpaired) electrons. The molecule has 0 N–H and O–H groups in total. The first-order valence-electron chi connectivity index (χ1n) is 10.8. The Morgan fingerprint density at radius 1 is 0.968 bits per heavy atom. The predicted molar refractivity (Wildman–Crippen MR) is 123 cm³/mol. The fraction of sp³-hybridized carbons (Fsp3) is 0.320. The molecule has 2 heterocycles. The van der Waals surface area contributed by atoms with E-state index in [0.29, 0.717) is 24.3 Å². The van der Waals surface area contributed by atoms with Crippen molar-refractivity contribution in [3.05, 3.63) is 72.3 Å². The van der Waals surface area contributed by atoms with Crippen molar-refractivity contribution in [2.45, 2.75) is 37.1 Å². The van der Waals surface area contributed by atoms with Gasteiger partial charge in [-0.3, -0.25) is 4.79 Å². The molecule has 3 aromatic carbocycles. The van der Waals surface area contributed by atoms with Gasteiger partial charge in [-0.15, -0.1) is 0 Å². The molecule has 1 amide bonds. The number of fused-ring (bicyclic) bond motifs is 2. The second-order valence-electron chi connectivity index (χ2n) is 8.60. The number of hydrogen-bond acceptors (Lipinski definition) is 3. The Hall–Kier alpha value is -2.70. The third kappa shape index (κ3) is 3.54. The van der Waals surface area contributed by atoms with E-state index in [-0.39, 0.29) is 24.4 Å². The highest BCUT2D eigenvalue weighted by atomic mass is 32.2. The van der Waals surface area contributed by atoms with Crippen molar-refractivity contribution in [2.75, 3.05) is 18.0 Å². The van der Waals surface area contributed by atoms with Gasteiger partial charge in [-0.25, -0.2) is 8.42 Å². The third-order valence-electron chi connectivity index (χ3n) is 6.54. The normalized spacial score (nSPS) is 21.9. The minimum atomic E-state index is -3.65. The second-order valence-corrected chi connectivity index (χ2v) is 10.5. The predicted octanol–water partition coefficient (Wildman–Crippen LogP) is 4.22. The summed E-state index contributed by atoms with van der Waals surface area (Å²) in [7, 11) is -3.65. The first-order valence-corrected chi connectivity index (χ1v) is 12.3. The lowest BCUT2D eigenvalue weighted by Gasteiger charge is -2.34. The van der Waals surface area contributed by atoms with Gasteiger partial charge in [0.25, 0.3) is 0 Å². The number of carbonyl (C=O) groups is 1. The van der Waals surface area contributed by atoms with Crippen LogP contribution in [0, 0.1) is 5.92 Å². The smallest absolute Gasteiger partial charge is 0.243 e. The fourth-order valence-corrected chi connectivity index (χ4v) is 6.50. The molecule has 0 bridgehead atoms. The number of para-hydroxylation sites is 1. The number of hydrogen-bond donors (Lipinski definition) is 0. The molecule has 31 heavy (non-hydrogen) atoms. The van der Waals surface area contributed by atoms with E-state index in [2.05, 4.69) is 13.0 Å². The van der Waals surface area contributed by atoms with Gasteiger partial charge in [0.2, 0.25) is 15.9 Å². The number of carbonyl (C=O) groups excluding carboxylic acids is 1. The molecule has 5 rings (SSSR count). The first kappa shape index (κ1) is 20.2. The lowest BCUT2D eigenvalue weighted by Crippen LogP contribution is -2.48. The summed E-state index contributed by atoms with van der Waals surface area (Å²) in [4.78, 5) is 15.6. The van der Waals surface area contributed by atoms with Crippen molar-refractivity contribution in [2.24, 2.45) is 5.92 Å². The summed E-state index contributed by atoms with van der Waals surface area (Å²) in [6.07, 6.45) is 2.24. The third-order valence-corrected chi connectivity index (χ3v) is 8.40. The zero-order chi connectivity index (χ0) is 21.6. The Labute approximate surface area is 183 Å². The highest BCUT2D eigenvalue weighted by Gasteiger charge is 2.39. The molecule has 1 fully saturated rings. The van der Waals surface area contributed by atoms with Gasteiger partial charge in [0.05, 0.1) is 10.8 Å². The van der Waals surface area contributed by atoms with Crippen molar-refractivity contribution in [1.29, 1.82) is 0 Å². The minimum Gasteiger partial charge on any atom is -0.309 e. The van der Waals surface area contributed by atoms with Crippen LogP contribution in [0.5, 0.6) is 0 Å². The van der Waals surface area contributed by atoms with Gasteiger partial charge in [-0.05, 0) is 60.7 Å². The maximum atomic E-state index is 13.5. The summed E-state index contributed by atoms with van der Waals surface area (Å²) in [6, 6.07) is 21.1. The van der Waals surface area contributed by atoms with E-state index in [1.807, 2.05) is 53.4 Å². The van der Waals surface area contributed by atoms with Crippen LogP contribution in [0.25, 0.3) is 10.8 Å². The number of nitrogens with zero attached hydrogens (tertiary/aromatic N) is 2. The average Bonchev–Trinajstić information content (AvgIpc) is 3.14. The summed E-state index contributed by atoms with van der Waals surface area (Å²) >= 11 is 0. The summed E-state index contributed by atoms with van der Waals surface area (Å²) in [6.45, 7) is 2.74. The summed E-state index contributed by atoms with van der Waals surface area (Å²) in [5.41, 5.74) is 2.15. The Morgan fingerprint density at radius 2 is 1.71 bits per heavy atom. The van der Waals surface area contributed by atoms with E-state index < -0.39 is 10.0 Å². The average molecular weight is 435 g/mol. The van der Waals surface area contributed by atoms with Crippen LogP contribution in [0.4, 0.5) is 5.69 Å². The van der Waals surface area contributed by atoms with Crippen LogP contribution in [0.1, 0.15) is 25.3 Å². The van der Waals surface area contributed by atoms with Gasteiger partial charge in [0, 0.05) is 24.8 Å². The van der Waals surface area contributed by atoms with Crippen molar-refractivity contribution in [1.82, 2.24) is 4.31 Å². The van der Waals surface area contributed by atoms with Crippen molar-refractivity contribution < 1.29 is 13.2 Å². The van der Waals surface area contributed by atoms with Gasteiger partial charge in [-0.2, -0.15) is 4.31 Å². The number of anilines is 1. The van der Waals surface area contributed by atoms with Crippen LogP contribution in [-0.2, 0) is 21.2 Å². The van der Waals surface area contributed by atoms with Crippen molar-refractivity contribution in [3.8, 4) is 0 Å². The molecule has 5 nitrogen and oxygen atoms in total. The Balaban J connectivity index is 1.40. The number of sulfonamides is 1. The molecular formula is C25H26N2O3S. The molecule has 2 aliphatic rings. The van der Waals surface area contributed by atoms with Crippen molar-refractivity contribution in [3.63, 3.8) is 0 Å². The zero-order valence-corrected chi connectivity index (χ0v) is 18.4. The van der Waals surface area contributed by atoms with Crippen molar-refractivity contribution >= 4 is 32.4 Å². The first-order chi connectivity index (χ1) is 14.9. The van der Waals surface area contributed by atoms with E-state index in [1.165, 1.54) is 9.87 Å². The molecule has 0 aromatic heterocycles. The van der Waals surface area contributed by atoms with Crippen LogP contribution in [0.2, 0.25) is 0 Å². The second kappa shape index (κ2) is 7.77. The molecule has 3 aromatic rings. The SMILES string of the molecule is C[C@H]1Cc2ccccc2N1C(=O)[C@H]1CCCN(S(=O)(=O)c2ccc3ccccc3c2)C1. The Kier molecular flexibility index (Phi) is 5.07. The highest BCUT2D eigenvalue weighted by Crippen LogP contribution is 2.35. The lowest BCUT2D eigenvalue weighted by atomic mass is 9.97. The molecule has 0 saturated carbocycles. The van der Waals surface area contributed by atoms with Gasteiger partial charge in [-0.1, -0.05) is 48.5 Å².